The molecule has 0 amide bonds. The number of hydrogen-bond acceptors (Lipinski definition) is 6. The lowest BCUT2D eigenvalue weighted by molar-refractivity contribution is -0.161. The van der Waals surface area contributed by atoms with Crippen molar-refractivity contribution >= 4 is 19.8 Å². The smallest absolute Gasteiger partial charge is 0.462 e. The minimum Gasteiger partial charge on any atom is -0.462 e. The molecule has 0 spiro atoms. The van der Waals surface area contributed by atoms with Gasteiger partial charge in [-0.25, -0.2) is 4.57 Å². The van der Waals surface area contributed by atoms with Crippen LogP contribution in [0.25, 0.3) is 0 Å². The average Bonchev–Trinajstić information content (AvgIpc) is 2.95. The summed E-state index contributed by atoms with van der Waals surface area (Å²) >= 11 is 0. The summed E-state index contributed by atoms with van der Waals surface area (Å²) in [5.41, 5.74) is 0. The summed E-state index contributed by atoms with van der Waals surface area (Å²) in [6.45, 7) is 3.24. The lowest BCUT2D eigenvalue weighted by Crippen LogP contribution is -2.29. The predicted octanol–water partition coefficient (Wildman–Crippen LogP) is 7.94. The molecule has 0 rings (SSSR count). The molecule has 9 heteroatoms. The van der Waals surface area contributed by atoms with Gasteiger partial charge in [0.1, 0.15) is 6.61 Å². The Hall–Kier alpha value is -3.03. The summed E-state index contributed by atoms with van der Waals surface area (Å²) in [7, 11) is -4.78. The van der Waals surface area contributed by atoms with Crippen LogP contribution in [0.1, 0.15) is 78.1 Å². The van der Waals surface area contributed by atoms with E-state index in [1.807, 2.05) is 66.8 Å². The van der Waals surface area contributed by atoms with E-state index in [0.29, 0.717) is 25.7 Å². The van der Waals surface area contributed by atoms with Gasteiger partial charge in [0, 0.05) is 12.8 Å². The molecule has 8 nitrogen and oxygen atoms in total. The van der Waals surface area contributed by atoms with Crippen LogP contribution in [0.4, 0.5) is 0 Å². The molecule has 0 aliphatic rings. The van der Waals surface area contributed by atoms with E-state index in [1.165, 1.54) is 0 Å². The van der Waals surface area contributed by atoms with Gasteiger partial charge < -0.3 is 19.3 Å². The standard InChI is InChI=1S/C33H49O8P/c1-3-5-7-9-11-13-15-16-18-20-22-24-26-28-33(35)41-31(30-40-42(36,37)38)29-39-32(34)27-25-23-21-19-17-14-12-10-8-6-4-2/h5-9,11-16,18-22,31H,3-4,10,17,23-30H2,1-2H3,(H2,36,37,38)/b7-5+,8-6+,11-9+,14-12+,15-13+,18-16+,21-19+,22-20+. The van der Waals surface area contributed by atoms with Crippen molar-refractivity contribution in [2.45, 2.75) is 84.2 Å². The van der Waals surface area contributed by atoms with Gasteiger partial charge in [-0.1, -0.05) is 111 Å². The van der Waals surface area contributed by atoms with E-state index in [2.05, 4.69) is 48.8 Å². The fourth-order valence-electron chi connectivity index (χ4n) is 3.13. The number of phosphoric ester groups is 1. The Labute approximate surface area is 252 Å². The Morgan fingerprint density at radius 3 is 1.74 bits per heavy atom. The van der Waals surface area contributed by atoms with Crippen molar-refractivity contribution in [3.05, 3.63) is 97.2 Å². The summed E-state index contributed by atoms with van der Waals surface area (Å²) in [4.78, 5) is 42.3. The molecule has 0 aromatic rings. The molecule has 0 fully saturated rings. The quantitative estimate of drug-likeness (QED) is 0.0375. The molecule has 1 unspecified atom stereocenters. The first kappa shape index (κ1) is 39.0. The number of ether oxygens (including phenoxy) is 2. The first-order valence-electron chi connectivity index (χ1n) is 14.6. The molecule has 0 bridgehead atoms. The van der Waals surface area contributed by atoms with Crippen LogP contribution in [0.15, 0.2) is 97.2 Å². The Balaban J connectivity index is 4.35. The summed E-state index contributed by atoms with van der Waals surface area (Å²) in [6.07, 6.45) is 37.3. The van der Waals surface area contributed by atoms with Crippen LogP contribution in [0, 0.1) is 0 Å². The van der Waals surface area contributed by atoms with Crippen LogP contribution >= 0.6 is 7.82 Å². The van der Waals surface area contributed by atoms with E-state index in [9.17, 15) is 14.2 Å². The number of phosphoric acid groups is 1. The van der Waals surface area contributed by atoms with Crippen molar-refractivity contribution in [1.82, 2.24) is 0 Å². The topological polar surface area (TPSA) is 119 Å². The number of esters is 2. The molecule has 42 heavy (non-hydrogen) atoms. The van der Waals surface area contributed by atoms with Crippen LogP contribution < -0.4 is 0 Å². The first-order chi connectivity index (χ1) is 20.3. The second-order valence-corrected chi connectivity index (χ2v) is 10.3. The van der Waals surface area contributed by atoms with Gasteiger partial charge in [0.05, 0.1) is 6.61 Å². The van der Waals surface area contributed by atoms with Crippen molar-refractivity contribution in [2.24, 2.45) is 0 Å². The highest BCUT2D eigenvalue weighted by molar-refractivity contribution is 7.46. The third-order valence-corrected chi connectivity index (χ3v) is 5.71. The molecule has 0 heterocycles. The molecule has 0 radical (unpaired) electrons. The number of rotatable bonds is 24. The van der Waals surface area contributed by atoms with Gasteiger partial charge in [0.25, 0.3) is 0 Å². The van der Waals surface area contributed by atoms with Crippen LogP contribution in [-0.2, 0) is 28.2 Å². The number of carbonyl (C=O) groups is 2. The van der Waals surface area contributed by atoms with Gasteiger partial charge in [-0.2, -0.15) is 0 Å². The molecular weight excluding hydrogens is 555 g/mol. The normalized spacial score (nSPS) is 13.9. The highest BCUT2D eigenvalue weighted by Crippen LogP contribution is 2.35. The molecule has 0 aliphatic heterocycles. The zero-order valence-corrected chi connectivity index (χ0v) is 26.0. The van der Waals surface area contributed by atoms with Crippen molar-refractivity contribution in [3.63, 3.8) is 0 Å². The van der Waals surface area contributed by atoms with E-state index >= 15 is 0 Å². The maximum absolute atomic E-state index is 12.2. The zero-order chi connectivity index (χ0) is 31.2. The molecule has 0 aromatic heterocycles. The summed E-state index contributed by atoms with van der Waals surface area (Å²) in [5.74, 6) is -1.05. The summed E-state index contributed by atoms with van der Waals surface area (Å²) in [6, 6.07) is 0. The fourth-order valence-corrected chi connectivity index (χ4v) is 3.49. The van der Waals surface area contributed by atoms with Gasteiger partial charge in [-0.15, -0.1) is 0 Å². The van der Waals surface area contributed by atoms with E-state index < -0.39 is 32.5 Å². The van der Waals surface area contributed by atoms with Gasteiger partial charge in [-0.3, -0.25) is 14.1 Å². The number of hydrogen-bond donors (Lipinski definition) is 2. The van der Waals surface area contributed by atoms with Crippen LogP contribution in [-0.4, -0.2) is 41.0 Å². The zero-order valence-electron chi connectivity index (χ0n) is 25.1. The van der Waals surface area contributed by atoms with E-state index in [0.717, 1.165) is 25.7 Å². The maximum atomic E-state index is 12.2. The molecular formula is C33H49O8P. The highest BCUT2D eigenvalue weighted by atomic mass is 31.2. The van der Waals surface area contributed by atoms with Crippen molar-refractivity contribution in [1.29, 1.82) is 0 Å². The van der Waals surface area contributed by atoms with Crippen molar-refractivity contribution in [3.8, 4) is 0 Å². The number of unbranched alkanes of at least 4 members (excludes halogenated alkanes) is 2. The Bertz CT molecular complexity index is 996. The predicted molar refractivity (Wildman–Crippen MR) is 169 cm³/mol. The van der Waals surface area contributed by atoms with E-state index in [4.69, 9.17) is 19.3 Å². The molecule has 0 aromatic carbocycles. The number of allylic oxidation sites excluding steroid dienone is 16. The fraction of sp³-hybridized carbons (Fsp3) is 0.455. The minimum absolute atomic E-state index is 0.0986. The summed E-state index contributed by atoms with van der Waals surface area (Å²) < 4.78 is 26.0. The van der Waals surface area contributed by atoms with E-state index in [1.54, 1.807) is 0 Å². The lowest BCUT2D eigenvalue weighted by Gasteiger charge is -2.18. The monoisotopic (exact) mass is 604 g/mol. The maximum Gasteiger partial charge on any atom is 0.469 e. The van der Waals surface area contributed by atoms with Crippen LogP contribution in [0.3, 0.4) is 0 Å². The molecule has 1 atom stereocenters. The van der Waals surface area contributed by atoms with Gasteiger partial charge in [-0.05, 0) is 51.4 Å². The largest absolute Gasteiger partial charge is 0.469 e. The molecule has 0 saturated heterocycles. The second kappa shape index (κ2) is 28.1. The minimum atomic E-state index is -4.78. The van der Waals surface area contributed by atoms with E-state index in [-0.39, 0.29) is 19.4 Å². The Morgan fingerprint density at radius 2 is 1.14 bits per heavy atom. The highest BCUT2D eigenvalue weighted by Gasteiger charge is 2.22. The van der Waals surface area contributed by atoms with Crippen LogP contribution in [0.5, 0.6) is 0 Å². The third-order valence-electron chi connectivity index (χ3n) is 5.23. The SMILES string of the molecule is CC/C=C/C=C/C=C/C=C/C=C/CCCC(=O)OC(COC(=O)CCC/C=C/C/C=C/C/C=C/CC)COP(=O)(O)O. The lowest BCUT2D eigenvalue weighted by atomic mass is 10.2. The number of carbonyl (C=O) groups excluding carboxylic acids is 2. The van der Waals surface area contributed by atoms with Gasteiger partial charge in [0.15, 0.2) is 6.10 Å². The van der Waals surface area contributed by atoms with Crippen LogP contribution in [0.2, 0.25) is 0 Å². The van der Waals surface area contributed by atoms with Crippen molar-refractivity contribution in [2.75, 3.05) is 13.2 Å². The van der Waals surface area contributed by atoms with Crippen molar-refractivity contribution < 1.29 is 37.9 Å². The average molecular weight is 605 g/mol. The third kappa shape index (κ3) is 29.9. The first-order valence-corrected chi connectivity index (χ1v) is 16.1. The molecule has 0 saturated carbocycles. The Morgan fingerprint density at radius 1 is 0.643 bits per heavy atom. The molecule has 0 aliphatic carbocycles. The molecule has 234 valence electrons. The Kier molecular flexibility index (Phi) is 26.1. The van der Waals surface area contributed by atoms with Gasteiger partial charge >= 0.3 is 19.8 Å². The molecule has 2 N–H and O–H groups in total. The second-order valence-electron chi connectivity index (χ2n) is 9.08. The summed E-state index contributed by atoms with van der Waals surface area (Å²) in [5, 5.41) is 0. The van der Waals surface area contributed by atoms with Gasteiger partial charge in [0.2, 0.25) is 0 Å².